The Balaban J connectivity index is 2.88. The van der Waals surface area contributed by atoms with Crippen LogP contribution in [0.2, 0.25) is 0 Å². The lowest BCUT2D eigenvalue weighted by Crippen LogP contribution is -1.90. The summed E-state index contributed by atoms with van der Waals surface area (Å²) in [6, 6.07) is 3.26. The fraction of sp³-hybridized carbons (Fsp3) is 0. The zero-order valence-corrected chi connectivity index (χ0v) is 7.78. The summed E-state index contributed by atoms with van der Waals surface area (Å²) in [4.78, 5) is 10.1. The molecule has 1 heterocycles. The number of hydrogen-bond donors (Lipinski definition) is 1. The molecule has 2 rings (SSSR count). The third-order valence-electron chi connectivity index (χ3n) is 1.60. The number of hydrogen-bond acceptors (Lipinski definition) is 4. The Morgan fingerprint density at radius 3 is 3.00 bits per heavy atom. The van der Waals surface area contributed by atoms with E-state index in [0.717, 1.165) is 0 Å². The number of nitrogens with one attached hydrogen (secondary N) is 1. The van der Waals surface area contributed by atoms with Crippen LogP contribution in [0.25, 0.3) is 11.0 Å². The molecule has 0 aliphatic heterocycles. The van der Waals surface area contributed by atoms with Gasteiger partial charge in [0.15, 0.2) is 5.52 Å². The number of nitro groups is 1. The van der Waals surface area contributed by atoms with Gasteiger partial charge in [-0.25, -0.2) is 0 Å². The summed E-state index contributed by atoms with van der Waals surface area (Å²) in [5.41, 5.74) is 0.750. The maximum atomic E-state index is 10.6. The maximum Gasteiger partial charge on any atom is 0.313 e. The molecule has 0 saturated heterocycles. The Labute approximate surface area is 80.2 Å². The van der Waals surface area contributed by atoms with Gasteiger partial charge in [0, 0.05) is 0 Å². The van der Waals surface area contributed by atoms with E-state index in [0.29, 0.717) is 9.99 Å². The molecule has 6 nitrogen and oxygen atoms in total. The molecule has 13 heavy (non-hydrogen) atoms. The van der Waals surface area contributed by atoms with Gasteiger partial charge in [-0.05, 0) is 28.1 Å². The second-order valence-corrected chi connectivity index (χ2v) is 3.22. The monoisotopic (exact) mass is 242 g/mol. The van der Waals surface area contributed by atoms with Gasteiger partial charge in [0.05, 0.1) is 14.9 Å². The summed E-state index contributed by atoms with van der Waals surface area (Å²) in [7, 11) is 0. The van der Waals surface area contributed by atoms with Crippen molar-refractivity contribution in [2.75, 3.05) is 0 Å². The smallest absolute Gasteiger partial charge is 0.258 e. The molecule has 2 aromatic rings. The first-order valence-electron chi connectivity index (χ1n) is 3.34. The standard InChI is InChI=1S/C6H3BrN4O2/c7-3-1-2-4-5(9-10-8-4)6(3)11(12)13/h1-2H,(H,8,9,10). The van der Waals surface area contributed by atoms with Crippen molar-refractivity contribution >= 4 is 32.7 Å². The molecular formula is C6H3BrN4O2. The molecule has 0 aliphatic rings. The van der Waals surface area contributed by atoms with E-state index < -0.39 is 4.92 Å². The molecule has 0 fully saturated rings. The summed E-state index contributed by atoms with van der Waals surface area (Å²) in [6.45, 7) is 0. The minimum Gasteiger partial charge on any atom is -0.258 e. The van der Waals surface area contributed by atoms with Gasteiger partial charge in [0.1, 0.15) is 0 Å². The first kappa shape index (κ1) is 8.11. The van der Waals surface area contributed by atoms with Gasteiger partial charge in [-0.1, -0.05) is 5.21 Å². The number of halogens is 1. The molecule has 0 saturated carbocycles. The number of H-pyrrole nitrogens is 1. The minimum atomic E-state index is -0.491. The van der Waals surface area contributed by atoms with Crippen molar-refractivity contribution in [2.45, 2.75) is 0 Å². The van der Waals surface area contributed by atoms with Crippen LogP contribution in [-0.4, -0.2) is 20.3 Å². The molecular weight excluding hydrogens is 240 g/mol. The van der Waals surface area contributed by atoms with Crippen molar-refractivity contribution in [3.8, 4) is 0 Å². The van der Waals surface area contributed by atoms with Gasteiger partial charge in [-0.3, -0.25) is 15.2 Å². The highest BCUT2D eigenvalue weighted by molar-refractivity contribution is 9.10. The predicted molar refractivity (Wildman–Crippen MR) is 48.2 cm³/mol. The van der Waals surface area contributed by atoms with E-state index in [1.807, 2.05) is 0 Å². The highest BCUT2D eigenvalue weighted by Crippen LogP contribution is 2.30. The van der Waals surface area contributed by atoms with Crippen LogP contribution < -0.4 is 0 Å². The largest absolute Gasteiger partial charge is 0.313 e. The van der Waals surface area contributed by atoms with Gasteiger partial charge < -0.3 is 0 Å². The van der Waals surface area contributed by atoms with E-state index in [-0.39, 0.29) is 11.2 Å². The number of fused-ring (bicyclic) bond motifs is 1. The Morgan fingerprint density at radius 2 is 2.31 bits per heavy atom. The lowest BCUT2D eigenvalue weighted by Gasteiger charge is -1.93. The number of rotatable bonds is 1. The lowest BCUT2D eigenvalue weighted by molar-refractivity contribution is -0.384. The summed E-state index contributed by atoms with van der Waals surface area (Å²) in [6.07, 6.45) is 0. The Kier molecular flexibility index (Phi) is 1.73. The van der Waals surface area contributed by atoms with E-state index in [1.54, 1.807) is 12.1 Å². The Hall–Kier alpha value is -1.50. The highest BCUT2D eigenvalue weighted by atomic mass is 79.9. The highest BCUT2D eigenvalue weighted by Gasteiger charge is 2.19. The molecule has 66 valence electrons. The third kappa shape index (κ3) is 1.17. The van der Waals surface area contributed by atoms with Crippen LogP contribution in [0.1, 0.15) is 0 Å². The molecule has 0 radical (unpaired) electrons. The zero-order valence-electron chi connectivity index (χ0n) is 6.19. The molecule has 0 amide bonds. The Bertz CT molecular complexity index is 480. The SMILES string of the molecule is O=[N+]([O-])c1c(Br)ccc2[nH]nnc12. The number of aromatic nitrogens is 3. The number of aromatic amines is 1. The molecule has 0 aliphatic carbocycles. The topological polar surface area (TPSA) is 84.7 Å². The zero-order chi connectivity index (χ0) is 9.42. The molecule has 0 unspecified atom stereocenters. The second-order valence-electron chi connectivity index (χ2n) is 2.36. The second kappa shape index (κ2) is 2.77. The maximum absolute atomic E-state index is 10.6. The number of nitrogens with zero attached hydrogens (tertiary/aromatic N) is 3. The van der Waals surface area contributed by atoms with Crippen LogP contribution in [0.3, 0.4) is 0 Å². The normalized spacial score (nSPS) is 10.5. The molecule has 0 bridgehead atoms. The summed E-state index contributed by atoms with van der Waals surface area (Å²) < 4.78 is 0.402. The van der Waals surface area contributed by atoms with Crippen molar-refractivity contribution in [1.29, 1.82) is 0 Å². The van der Waals surface area contributed by atoms with Crippen molar-refractivity contribution in [1.82, 2.24) is 15.4 Å². The number of benzene rings is 1. The van der Waals surface area contributed by atoms with Crippen molar-refractivity contribution < 1.29 is 4.92 Å². The number of nitro benzene ring substituents is 1. The lowest BCUT2D eigenvalue weighted by atomic mass is 10.3. The summed E-state index contributed by atoms with van der Waals surface area (Å²) in [5, 5.41) is 20.3. The van der Waals surface area contributed by atoms with Gasteiger partial charge >= 0.3 is 5.69 Å². The van der Waals surface area contributed by atoms with Gasteiger partial charge in [0.25, 0.3) is 0 Å². The quantitative estimate of drug-likeness (QED) is 0.609. The van der Waals surface area contributed by atoms with Crippen LogP contribution in [0.15, 0.2) is 16.6 Å². The first-order chi connectivity index (χ1) is 6.20. The average molecular weight is 243 g/mol. The van der Waals surface area contributed by atoms with Crippen LogP contribution in [-0.2, 0) is 0 Å². The van der Waals surface area contributed by atoms with Crippen LogP contribution in [0, 0.1) is 10.1 Å². The van der Waals surface area contributed by atoms with E-state index in [4.69, 9.17) is 0 Å². The van der Waals surface area contributed by atoms with Crippen LogP contribution in [0.4, 0.5) is 5.69 Å². The van der Waals surface area contributed by atoms with Crippen molar-refractivity contribution in [2.24, 2.45) is 0 Å². The third-order valence-corrected chi connectivity index (χ3v) is 2.24. The molecule has 7 heteroatoms. The van der Waals surface area contributed by atoms with E-state index in [1.165, 1.54) is 0 Å². The summed E-state index contributed by atoms with van der Waals surface area (Å²) >= 11 is 3.08. The fourth-order valence-corrected chi connectivity index (χ4v) is 1.51. The molecule has 1 aromatic carbocycles. The van der Waals surface area contributed by atoms with E-state index in [9.17, 15) is 10.1 Å². The molecule has 0 atom stereocenters. The molecule has 1 aromatic heterocycles. The van der Waals surface area contributed by atoms with Crippen LogP contribution >= 0.6 is 15.9 Å². The van der Waals surface area contributed by atoms with E-state index >= 15 is 0 Å². The first-order valence-corrected chi connectivity index (χ1v) is 4.13. The fourth-order valence-electron chi connectivity index (χ4n) is 1.05. The predicted octanol–water partition coefficient (Wildman–Crippen LogP) is 1.63. The Morgan fingerprint density at radius 1 is 1.54 bits per heavy atom. The minimum absolute atomic E-state index is 0.0637. The average Bonchev–Trinajstić information content (AvgIpc) is 2.50. The molecule has 1 N–H and O–H groups in total. The van der Waals surface area contributed by atoms with Gasteiger partial charge in [0.2, 0.25) is 0 Å². The summed E-state index contributed by atoms with van der Waals surface area (Å²) in [5.74, 6) is 0. The van der Waals surface area contributed by atoms with Crippen molar-refractivity contribution in [3.05, 3.63) is 26.7 Å². The molecule has 0 spiro atoms. The van der Waals surface area contributed by atoms with Gasteiger partial charge in [-0.15, -0.1) is 5.10 Å². The van der Waals surface area contributed by atoms with Crippen LogP contribution in [0.5, 0.6) is 0 Å². The van der Waals surface area contributed by atoms with Crippen molar-refractivity contribution in [3.63, 3.8) is 0 Å². The van der Waals surface area contributed by atoms with Gasteiger partial charge in [-0.2, -0.15) is 0 Å². The van der Waals surface area contributed by atoms with E-state index in [2.05, 4.69) is 31.3 Å².